The highest BCUT2D eigenvalue weighted by molar-refractivity contribution is 7.18. The molecule has 2 heterocycles. The Hall–Kier alpha value is -2.08. The predicted molar refractivity (Wildman–Crippen MR) is 93.2 cm³/mol. The van der Waals surface area contributed by atoms with Crippen molar-refractivity contribution in [3.05, 3.63) is 35.0 Å². The summed E-state index contributed by atoms with van der Waals surface area (Å²) in [4.78, 5) is 17.1. The van der Waals surface area contributed by atoms with E-state index in [2.05, 4.69) is 28.5 Å². The van der Waals surface area contributed by atoms with Crippen LogP contribution >= 0.6 is 11.3 Å². The second-order valence-electron chi connectivity index (χ2n) is 7.17. The topological polar surface area (TPSA) is 77.2 Å². The van der Waals surface area contributed by atoms with E-state index >= 15 is 0 Å². The smallest absolute Gasteiger partial charge is 0.407 e. The number of thiazole rings is 1. The lowest BCUT2D eigenvalue weighted by Crippen LogP contribution is -2.40. The third kappa shape index (κ3) is 2.13. The van der Waals surface area contributed by atoms with Crippen LogP contribution < -0.4 is 11.1 Å². The van der Waals surface area contributed by atoms with Gasteiger partial charge in [-0.05, 0) is 54.7 Å². The maximum atomic E-state index is 11.4. The number of aromatic nitrogens is 1. The Labute approximate surface area is 144 Å². The Kier molecular flexibility index (Phi) is 2.95. The average Bonchev–Trinajstić information content (AvgIpc) is 3.26. The van der Waals surface area contributed by atoms with Crippen LogP contribution in [0.3, 0.4) is 0 Å². The van der Waals surface area contributed by atoms with Crippen molar-refractivity contribution >= 4 is 22.6 Å². The summed E-state index contributed by atoms with van der Waals surface area (Å²) in [5.41, 5.74) is 11.0. The number of hydrogen-bond donors (Lipinski definition) is 2. The van der Waals surface area contributed by atoms with Crippen LogP contribution in [0.5, 0.6) is 0 Å². The molecule has 2 aromatic rings. The minimum Gasteiger partial charge on any atom is -0.447 e. The molecule has 1 amide bonds. The second-order valence-corrected chi connectivity index (χ2v) is 8.20. The van der Waals surface area contributed by atoms with E-state index < -0.39 is 0 Å². The molecule has 6 heteroatoms. The number of alkyl carbamates (subject to hydrolysis) is 1. The number of ether oxygens (including phenoxy) is 1. The van der Waals surface area contributed by atoms with Crippen LogP contribution in [-0.4, -0.2) is 23.2 Å². The van der Waals surface area contributed by atoms with Gasteiger partial charge in [-0.1, -0.05) is 29.5 Å². The molecule has 2 atom stereocenters. The quantitative estimate of drug-likeness (QED) is 0.835. The van der Waals surface area contributed by atoms with E-state index in [9.17, 15) is 4.79 Å². The first-order chi connectivity index (χ1) is 11.6. The number of nitrogens with two attached hydrogens (primary N) is 1. The predicted octanol–water partition coefficient (Wildman–Crippen LogP) is 3.24. The molecule has 1 saturated heterocycles. The Morgan fingerprint density at radius 3 is 3.12 bits per heavy atom. The van der Waals surface area contributed by atoms with Crippen LogP contribution in [0.15, 0.2) is 18.2 Å². The SMILES string of the molecule is Nc1nc2c(s1)-c1ccc([C@H]3CC[C@]4(COC(=O)N4)C3)cc1CC2. The molecule has 5 nitrogen and oxygen atoms in total. The molecule has 124 valence electrons. The normalized spacial score (nSPS) is 27.7. The van der Waals surface area contributed by atoms with Crippen molar-refractivity contribution in [2.75, 3.05) is 12.3 Å². The minimum absolute atomic E-state index is 0.142. The Balaban J connectivity index is 1.44. The second kappa shape index (κ2) is 4.96. The number of anilines is 1. The van der Waals surface area contributed by atoms with E-state index in [4.69, 9.17) is 10.5 Å². The van der Waals surface area contributed by atoms with Gasteiger partial charge in [-0.3, -0.25) is 0 Å². The molecule has 1 aromatic carbocycles. The lowest BCUT2D eigenvalue weighted by molar-refractivity contribution is 0.172. The number of benzene rings is 1. The summed E-state index contributed by atoms with van der Waals surface area (Å²) in [5, 5.41) is 3.68. The zero-order chi connectivity index (χ0) is 16.3. The molecular formula is C18H19N3O2S. The van der Waals surface area contributed by atoms with Crippen molar-refractivity contribution in [1.29, 1.82) is 0 Å². The van der Waals surface area contributed by atoms with E-state index in [1.807, 2.05) is 0 Å². The van der Waals surface area contributed by atoms with Crippen LogP contribution in [0.1, 0.15) is 42.0 Å². The number of nitrogens with zero attached hydrogens (tertiary/aromatic N) is 1. The highest BCUT2D eigenvalue weighted by Gasteiger charge is 2.46. The van der Waals surface area contributed by atoms with Gasteiger partial charge in [0, 0.05) is 0 Å². The maximum absolute atomic E-state index is 11.4. The number of nitrogens with one attached hydrogen (secondary N) is 1. The zero-order valence-corrected chi connectivity index (χ0v) is 14.1. The fourth-order valence-corrected chi connectivity index (χ4v) is 5.39. The third-order valence-electron chi connectivity index (χ3n) is 5.65. The fraction of sp³-hybridized carbons (Fsp3) is 0.444. The van der Waals surface area contributed by atoms with Gasteiger partial charge in [-0.25, -0.2) is 9.78 Å². The number of amides is 1. The summed E-state index contributed by atoms with van der Waals surface area (Å²) in [7, 11) is 0. The average molecular weight is 341 g/mol. The molecule has 24 heavy (non-hydrogen) atoms. The molecule has 2 aliphatic carbocycles. The number of carbonyl (C=O) groups is 1. The van der Waals surface area contributed by atoms with Gasteiger partial charge < -0.3 is 15.8 Å². The summed E-state index contributed by atoms with van der Waals surface area (Å²) in [6, 6.07) is 6.83. The molecule has 1 saturated carbocycles. The van der Waals surface area contributed by atoms with Gasteiger partial charge in [0.05, 0.1) is 16.1 Å². The van der Waals surface area contributed by atoms with Gasteiger partial charge in [0.2, 0.25) is 0 Å². The number of rotatable bonds is 1. The van der Waals surface area contributed by atoms with Crippen LogP contribution in [-0.2, 0) is 17.6 Å². The van der Waals surface area contributed by atoms with E-state index in [1.54, 1.807) is 11.3 Å². The molecule has 0 bridgehead atoms. The van der Waals surface area contributed by atoms with Crippen LogP contribution in [0.2, 0.25) is 0 Å². The van der Waals surface area contributed by atoms with Crippen LogP contribution in [0.25, 0.3) is 10.4 Å². The minimum atomic E-state index is -0.267. The molecule has 3 aliphatic rings. The molecule has 1 aliphatic heterocycles. The van der Waals surface area contributed by atoms with Gasteiger partial charge >= 0.3 is 6.09 Å². The molecule has 0 unspecified atom stereocenters. The zero-order valence-electron chi connectivity index (χ0n) is 13.3. The molecular weight excluding hydrogens is 322 g/mol. The van der Waals surface area contributed by atoms with Gasteiger partial charge in [0.25, 0.3) is 0 Å². The Bertz CT molecular complexity index is 847. The monoisotopic (exact) mass is 341 g/mol. The fourth-order valence-electron chi connectivity index (χ4n) is 4.45. The first-order valence-corrected chi connectivity index (χ1v) is 9.27. The van der Waals surface area contributed by atoms with Crippen molar-refractivity contribution in [1.82, 2.24) is 10.3 Å². The number of aryl methyl sites for hydroxylation is 2. The van der Waals surface area contributed by atoms with Gasteiger partial charge in [-0.15, -0.1) is 0 Å². The summed E-state index contributed by atoms with van der Waals surface area (Å²) in [6.07, 6.45) is 4.79. The first-order valence-electron chi connectivity index (χ1n) is 8.45. The number of cyclic esters (lactones) is 1. The molecule has 3 N–H and O–H groups in total. The molecule has 1 aromatic heterocycles. The van der Waals surface area contributed by atoms with Crippen molar-refractivity contribution < 1.29 is 9.53 Å². The Morgan fingerprint density at radius 1 is 1.38 bits per heavy atom. The van der Waals surface area contributed by atoms with Gasteiger partial charge in [-0.2, -0.15) is 0 Å². The molecule has 1 spiro atoms. The number of carbonyl (C=O) groups excluding carboxylic acids is 1. The summed E-state index contributed by atoms with van der Waals surface area (Å²) >= 11 is 1.59. The van der Waals surface area contributed by atoms with Crippen molar-refractivity contribution in [3.63, 3.8) is 0 Å². The lowest BCUT2D eigenvalue weighted by Gasteiger charge is -2.21. The van der Waals surface area contributed by atoms with Gasteiger partial charge in [0.1, 0.15) is 6.61 Å². The van der Waals surface area contributed by atoms with Gasteiger partial charge in [0.15, 0.2) is 5.13 Å². The highest BCUT2D eigenvalue weighted by Crippen LogP contribution is 2.45. The molecule has 5 rings (SSSR count). The highest BCUT2D eigenvalue weighted by atomic mass is 32.1. The van der Waals surface area contributed by atoms with E-state index in [0.717, 1.165) is 37.8 Å². The van der Waals surface area contributed by atoms with E-state index in [-0.39, 0.29) is 11.6 Å². The molecule has 0 radical (unpaired) electrons. The first kappa shape index (κ1) is 14.3. The molecule has 2 fully saturated rings. The summed E-state index contributed by atoms with van der Waals surface area (Å²) < 4.78 is 5.14. The number of hydrogen-bond acceptors (Lipinski definition) is 5. The van der Waals surface area contributed by atoms with Crippen molar-refractivity contribution in [2.45, 2.75) is 43.6 Å². The van der Waals surface area contributed by atoms with Crippen LogP contribution in [0.4, 0.5) is 9.93 Å². The summed E-state index contributed by atoms with van der Waals surface area (Å²) in [5.74, 6) is 0.491. The summed E-state index contributed by atoms with van der Waals surface area (Å²) in [6.45, 7) is 0.511. The largest absolute Gasteiger partial charge is 0.447 e. The van der Waals surface area contributed by atoms with E-state index in [1.165, 1.54) is 21.6 Å². The Morgan fingerprint density at radius 2 is 2.29 bits per heavy atom. The van der Waals surface area contributed by atoms with Crippen molar-refractivity contribution in [2.24, 2.45) is 0 Å². The van der Waals surface area contributed by atoms with Crippen molar-refractivity contribution in [3.8, 4) is 10.4 Å². The van der Waals surface area contributed by atoms with E-state index in [0.29, 0.717) is 17.7 Å². The number of fused-ring (bicyclic) bond motifs is 3. The standard InChI is InChI=1S/C18H19N3O2S/c19-16-20-14-4-2-11-7-10(1-3-13(11)15(14)24-16)12-5-6-18(8-12)9-23-17(22)21-18/h1,3,7,12H,2,4-6,8-9H2,(H2,19,20)(H,21,22)/t12-,18+/m0/s1. The van der Waals surface area contributed by atoms with Crippen LogP contribution in [0, 0.1) is 0 Å². The maximum Gasteiger partial charge on any atom is 0.407 e. The number of nitrogen functional groups attached to an aromatic ring is 1. The lowest BCUT2D eigenvalue weighted by atomic mass is 9.87. The third-order valence-corrected chi connectivity index (χ3v) is 6.61.